The number of Topliss-reactive ketones (excluding diaryl/α,β-unsaturated/α-hetero) is 2. The smallest absolute Gasteiger partial charge is 0.305 e. The zero-order valence-corrected chi connectivity index (χ0v) is 20.0. The number of para-hydroxylation sites is 1. The van der Waals surface area contributed by atoms with E-state index in [0.717, 1.165) is 22.5 Å². The highest BCUT2D eigenvalue weighted by molar-refractivity contribution is 6.06. The fraction of sp³-hybridized carbons (Fsp3) is 0.345. The van der Waals surface area contributed by atoms with E-state index in [1.54, 1.807) is 12.1 Å². The Kier molecular flexibility index (Phi) is 6.72. The van der Waals surface area contributed by atoms with Crippen LogP contribution in [0.2, 0.25) is 0 Å². The molecule has 0 radical (unpaired) electrons. The number of hydrogen-bond acceptors (Lipinski definition) is 5. The molecule has 2 aromatic rings. The lowest BCUT2D eigenvalue weighted by Crippen LogP contribution is -2.40. The minimum atomic E-state index is -0.912. The lowest BCUT2D eigenvalue weighted by Gasteiger charge is -2.44. The monoisotopic (exact) mass is 489 g/mol. The maximum absolute atomic E-state index is 13.4. The van der Waals surface area contributed by atoms with Crippen molar-refractivity contribution >= 4 is 17.5 Å². The van der Waals surface area contributed by atoms with Gasteiger partial charge in [0.1, 0.15) is 18.2 Å². The number of halogens is 1. The number of carboxylic acid groups (broad SMARTS) is 1. The minimum absolute atomic E-state index is 0.000152. The van der Waals surface area contributed by atoms with Crippen molar-refractivity contribution in [2.24, 2.45) is 0 Å². The molecule has 2 aromatic carbocycles. The van der Waals surface area contributed by atoms with Crippen LogP contribution in [0.15, 0.2) is 71.1 Å². The van der Waals surface area contributed by atoms with Crippen LogP contribution in [-0.4, -0.2) is 34.1 Å². The second kappa shape index (κ2) is 10.1. The number of benzene rings is 2. The van der Waals surface area contributed by atoms with Gasteiger partial charge < -0.3 is 14.7 Å². The standard InChI is InChI=1S/C29H28FNO5/c30-19-13-11-18(12-14-19)17-36-25-10-2-1-5-20(25)27-28-21(6-3-8-23(28)32)31(16-15-26(34)35)22-7-4-9-24(33)29(22)27/h1-2,5,10-14,27H,3-4,6-9,15-17H2,(H,34,35). The van der Waals surface area contributed by atoms with E-state index in [4.69, 9.17) is 4.74 Å². The first kappa shape index (κ1) is 24.0. The molecule has 0 fully saturated rings. The summed E-state index contributed by atoms with van der Waals surface area (Å²) in [6.07, 6.45) is 3.47. The molecule has 0 spiro atoms. The number of allylic oxidation sites excluding steroid dienone is 4. The normalized spacial score (nSPS) is 18.3. The predicted octanol–water partition coefficient (Wildman–Crippen LogP) is 5.29. The molecular weight excluding hydrogens is 461 g/mol. The summed E-state index contributed by atoms with van der Waals surface area (Å²) in [4.78, 5) is 40.1. The van der Waals surface area contributed by atoms with Gasteiger partial charge in [-0.05, 0) is 49.4 Å². The zero-order chi connectivity index (χ0) is 25.2. The summed E-state index contributed by atoms with van der Waals surface area (Å²) in [7, 11) is 0. The molecule has 0 aromatic heterocycles. The lowest BCUT2D eigenvalue weighted by molar-refractivity contribution is -0.137. The van der Waals surface area contributed by atoms with E-state index in [9.17, 15) is 23.9 Å². The molecule has 0 atom stereocenters. The second-order valence-corrected chi connectivity index (χ2v) is 9.46. The number of nitrogens with zero attached hydrogens (tertiary/aromatic N) is 1. The SMILES string of the molecule is O=C(O)CCN1C2=C(C(=O)CCC2)C(c2ccccc2OCc2ccc(F)cc2)C2=C1CCCC2=O. The Hall–Kier alpha value is -3.74. The average Bonchev–Trinajstić information content (AvgIpc) is 2.87. The van der Waals surface area contributed by atoms with E-state index in [-0.39, 0.29) is 37.0 Å². The van der Waals surface area contributed by atoms with Crippen LogP contribution in [0.5, 0.6) is 5.75 Å². The van der Waals surface area contributed by atoms with Gasteiger partial charge in [-0.15, -0.1) is 0 Å². The van der Waals surface area contributed by atoms with Crippen LogP contribution in [0.4, 0.5) is 4.39 Å². The molecule has 0 saturated heterocycles. The topological polar surface area (TPSA) is 83.9 Å². The van der Waals surface area contributed by atoms with E-state index in [2.05, 4.69) is 0 Å². The molecule has 0 amide bonds. The van der Waals surface area contributed by atoms with Crippen molar-refractivity contribution in [2.45, 2.75) is 57.5 Å². The lowest BCUT2D eigenvalue weighted by atomic mass is 9.70. The van der Waals surface area contributed by atoms with Crippen LogP contribution in [0.3, 0.4) is 0 Å². The van der Waals surface area contributed by atoms with E-state index in [0.29, 0.717) is 55.4 Å². The van der Waals surface area contributed by atoms with Gasteiger partial charge >= 0.3 is 5.97 Å². The molecule has 1 heterocycles. The summed E-state index contributed by atoms with van der Waals surface area (Å²) in [5, 5.41) is 9.34. The molecule has 6 nitrogen and oxygen atoms in total. The number of ketones is 2. The minimum Gasteiger partial charge on any atom is -0.489 e. The van der Waals surface area contributed by atoms with Crippen molar-refractivity contribution in [1.29, 1.82) is 0 Å². The molecule has 0 bridgehead atoms. The molecule has 0 unspecified atom stereocenters. The average molecular weight is 490 g/mol. The third-order valence-corrected chi connectivity index (χ3v) is 7.17. The summed E-state index contributed by atoms with van der Waals surface area (Å²) in [5.74, 6) is -1.20. The van der Waals surface area contributed by atoms with Crippen molar-refractivity contribution in [3.8, 4) is 5.75 Å². The molecule has 2 aliphatic carbocycles. The molecule has 5 rings (SSSR count). The second-order valence-electron chi connectivity index (χ2n) is 9.46. The summed E-state index contributed by atoms with van der Waals surface area (Å²) in [5.41, 5.74) is 4.44. The van der Waals surface area contributed by atoms with Gasteiger partial charge in [-0.25, -0.2) is 4.39 Å². The third kappa shape index (κ3) is 4.57. The van der Waals surface area contributed by atoms with Crippen LogP contribution >= 0.6 is 0 Å². The molecule has 0 saturated carbocycles. The van der Waals surface area contributed by atoms with Crippen LogP contribution in [0.1, 0.15) is 62.0 Å². The van der Waals surface area contributed by atoms with E-state index < -0.39 is 11.9 Å². The van der Waals surface area contributed by atoms with Gasteiger partial charge in [0.15, 0.2) is 11.6 Å². The Balaban J connectivity index is 1.60. The van der Waals surface area contributed by atoms with E-state index in [1.165, 1.54) is 12.1 Å². The highest BCUT2D eigenvalue weighted by Gasteiger charge is 2.44. The van der Waals surface area contributed by atoms with Gasteiger partial charge in [0.05, 0.1) is 6.42 Å². The van der Waals surface area contributed by atoms with E-state index in [1.807, 2.05) is 29.2 Å². The first-order chi connectivity index (χ1) is 17.4. The van der Waals surface area contributed by atoms with Crippen molar-refractivity contribution in [3.05, 3.63) is 88.0 Å². The number of rotatable bonds is 7. The largest absolute Gasteiger partial charge is 0.489 e. The Morgan fingerprint density at radius 1 is 0.917 bits per heavy atom. The van der Waals surface area contributed by atoms with Crippen LogP contribution in [-0.2, 0) is 21.0 Å². The van der Waals surface area contributed by atoms with Gasteiger partial charge in [0.25, 0.3) is 0 Å². The molecule has 1 aliphatic heterocycles. The Morgan fingerprint density at radius 3 is 2.14 bits per heavy atom. The number of carboxylic acids is 1. The predicted molar refractivity (Wildman–Crippen MR) is 131 cm³/mol. The molecule has 1 N–H and O–H groups in total. The van der Waals surface area contributed by atoms with Crippen LogP contribution in [0, 0.1) is 5.82 Å². The van der Waals surface area contributed by atoms with Crippen molar-refractivity contribution in [1.82, 2.24) is 4.90 Å². The van der Waals surface area contributed by atoms with Gasteiger partial charge in [-0.1, -0.05) is 30.3 Å². The number of hydrogen-bond donors (Lipinski definition) is 1. The van der Waals surface area contributed by atoms with Gasteiger partial charge in [-0.3, -0.25) is 14.4 Å². The van der Waals surface area contributed by atoms with E-state index >= 15 is 0 Å². The van der Waals surface area contributed by atoms with Crippen LogP contribution < -0.4 is 4.74 Å². The van der Waals surface area contributed by atoms with Crippen molar-refractivity contribution in [2.75, 3.05) is 6.54 Å². The zero-order valence-electron chi connectivity index (χ0n) is 20.0. The summed E-state index contributed by atoms with van der Waals surface area (Å²) >= 11 is 0. The Bertz CT molecular complexity index is 1230. The van der Waals surface area contributed by atoms with Crippen molar-refractivity contribution in [3.63, 3.8) is 0 Å². The summed E-state index contributed by atoms with van der Waals surface area (Å²) < 4.78 is 19.5. The van der Waals surface area contributed by atoms with Crippen LogP contribution in [0.25, 0.3) is 0 Å². The Labute approximate surface area is 209 Å². The number of carbonyl (C=O) groups is 3. The number of carbonyl (C=O) groups excluding carboxylic acids is 2. The number of aliphatic carboxylic acids is 1. The fourth-order valence-corrected chi connectivity index (χ4v) is 5.60. The third-order valence-electron chi connectivity index (χ3n) is 7.17. The first-order valence-electron chi connectivity index (χ1n) is 12.4. The first-order valence-corrected chi connectivity index (χ1v) is 12.4. The van der Waals surface area contributed by atoms with Gasteiger partial charge in [0.2, 0.25) is 0 Å². The fourth-order valence-electron chi connectivity index (χ4n) is 5.60. The molecular formula is C29H28FNO5. The maximum Gasteiger partial charge on any atom is 0.305 e. The van der Waals surface area contributed by atoms with Gasteiger partial charge in [-0.2, -0.15) is 0 Å². The number of ether oxygens (including phenoxy) is 1. The Morgan fingerprint density at radius 2 is 1.53 bits per heavy atom. The van der Waals surface area contributed by atoms with Crippen molar-refractivity contribution < 1.29 is 28.6 Å². The molecule has 36 heavy (non-hydrogen) atoms. The highest BCUT2D eigenvalue weighted by atomic mass is 19.1. The summed E-state index contributed by atoms with van der Waals surface area (Å²) in [6, 6.07) is 13.5. The summed E-state index contributed by atoms with van der Waals surface area (Å²) in [6.45, 7) is 0.456. The maximum atomic E-state index is 13.4. The molecule has 7 heteroatoms. The highest BCUT2D eigenvalue weighted by Crippen LogP contribution is 2.50. The molecule has 3 aliphatic rings. The quantitative estimate of drug-likeness (QED) is 0.569. The van der Waals surface area contributed by atoms with Gasteiger partial charge in [0, 0.05) is 53.4 Å². The molecule has 186 valence electrons.